The molecule has 2 N–H and O–H groups in total. The quantitative estimate of drug-likeness (QED) is 0.839. The molecule has 0 spiro atoms. The van der Waals surface area contributed by atoms with Crippen LogP contribution >= 0.6 is 0 Å². The minimum absolute atomic E-state index is 0.111. The van der Waals surface area contributed by atoms with Crippen molar-refractivity contribution in [1.29, 1.82) is 0 Å². The van der Waals surface area contributed by atoms with Crippen LogP contribution in [0.1, 0.15) is 41.1 Å². The monoisotopic (exact) mass is 348 g/mol. The van der Waals surface area contributed by atoms with Gasteiger partial charge in [-0.05, 0) is 25.5 Å². The molecular formula is C17H21FN4O3. The average Bonchev–Trinajstić information content (AvgIpc) is 2.89. The van der Waals surface area contributed by atoms with E-state index in [-0.39, 0.29) is 23.1 Å². The molecule has 1 aromatic heterocycles. The van der Waals surface area contributed by atoms with E-state index in [0.717, 1.165) is 4.68 Å². The lowest BCUT2D eigenvalue weighted by Gasteiger charge is -2.09. The van der Waals surface area contributed by atoms with Gasteiger partial charge in [0.05, 0.1) is 12.7 Å². The molecule has 0 aliphatic carbocycles. The van der Waals surface area contributed by atoms with Crippen molar-refractivity contribution in [3.8, 4) is 5.75 Å². The first-order chi connectivity index (χ1) is 11.9. The van der Waals surface area contributed by atoms with E-state index in [4.69, 9.17) is 4.74 Å². The second-order valence-electron chi connectivity index (χ2n) is 5.57. The number of carbonyl (C=O) groups is 2. The summed E-state index contributed by atoms with van der Waals surface area (Å²) in [5.41, 5.74) is -0.116. The molecule has 0 saturated carbocycles. The number of rotatable bonds is 6. The summed E-state index contributed by atoms with van der Waals surface area (Å²) in [5, 5.41) is 8.95. The van der Waals surface area contributed by atoms with Crippen LogP contribution < -0.4 is 15.4 Å². The third-order valence-electron chi connectivity index (χ3n) is 3.78. The number of aryl methyl sites for hydroxylation is 1. The van der Waals surface area contributed by atoms with E-state index in [1.54, 1.807) is 24.3 Å². The van der Waals surface area contributed by atoms with Crippen LogP contribution in [0, 0.1) is 5.82 Å². The van der Waals surface area contributed by atoms with Gasteiger partial charge in [0, 0.05) is 13.1 Å². The van der Waals surface area contributed by atoms with Gasteiger partial charge in [0.2, 0.25) is 0 Å². The molecular weight excluding hydrogens is 327 g/mol. The van der Waals surface area contributed by atoms with Crippen LogP contribution in [0.3, 0.4) is 0 Å². The molecule has 0 aliphatic heterocycles. The fraction of sp³-hybridized carbons (Fsp3) is 0.353. The number of amides is 2. The smallest absolute Gasteiger partial charge is 0.275 e. The second-order valence-corrected chi connectivity index (χ2v) is 5.57. The molecule has 1 atom stereocenters. The van der Waals surface area contributed by atoms with E-state index in [1.807, 2.05) is 13.8 Å². The van der Waals surface area contributed by atoms with Gasteiger partial charge in [0.15, 0.2) is 17.3 Å². The molecule has 0 bridgehead atoms. The zero-order chi connectivity index (χ0) is 18.6. The van der Waals surface area contributed by atoms with Crippen molar-refractivity contribution in [3.63, 3.8) is 0 Å². The lowest BCUT2D eigenvalue weighted by Crippen LogP contribution is -2.32. The van der Waals surface area contributed by atoms with Gasteiger partial charge in [-0.15, -0.1) is 0 Å². The maximum atomic E-state index is 14.6. The van der Waals surface area contributed by atoms with E-state index in [1.165, 1.54) is 14.2 Å². The van der Waals surface area contributed by atoms with E-state index in [2.05, 4.69) is 15.7 Å². The minimum atomic E-state index is -0.883. The SMILES string of the molecule is CC[C@@H](C)NC(=O)c1nn(C)c(NC(=O)c2ccccc2OC)c1F. The maximum Gasteiger partial charge on any atom is 0.275 e. The molecule has 0 fully saturated rings. The number of hydrogen-bond donors (Lipinski definition) is 2. The van der Waals surface area contributed by atoms with Gasteiger partial charge in [0.25, 0.3) is 11.8 Å². The first-order valence-electron chi connectivity index (χ1n) is 7.86. The number of carbonyl (C=O) groups excluding carboxylic acids is 2. The highest BCUT2D eigenvalue weighted by Crippen LogP contribution is 2.22. The molecule has 0 aliphatic rings. The summed E-state index contributed by atoms with van der Waals surface area (Å²) in [4.78, 5) is 24.5. The largest absolute Gasteiger partial charge is 0.496 e. The molecule has 0 saturated heterocycles. The van der Waals surface area contributed by atoms with E-state index < -0.39 is 17.6 Å². The fourth-order valence-electron chi connectivity index (χ4n) is 2.18. The van der Waals surface area contributed by atoms with Crippen molar-refractivity contribution in [2.24, 2.45) is 7.05 Å². The first kappa shape index (κ1) is 18.4. The topological polar surface area (TPSA) is 85.3 Å². The van der Waals surface area contributed by atoms with Gasteiger partial charge in [0.1, 0.15) is 5.75 Å². The number of aromatic nitrogens is 2. The van der Waals surface area contributed by atoms with Gasteiger partial charge in [-0.25, -0.2) is 9.07 Å². The first-order valence-corrected chi connectivity index (χ1v) is 7.86. The van der Waals surface area contributed by atoms with Crippen molar-refractivity contribution in [3.05, 3.63) is 41.3 Å². The minimum Gasteiger partial charge on any atom is -0.496 e. The van der Waals surface area contributed by atoms with Gasteiger partial charge in [-0.2, -0.15) is 5.10 Å². The van der Waals surface area contributed by atoms with Crippen LogP contribution in [0.15, 0.2) is 24.3 Å². The number of nitrogens with one attached hydrogen (secondary N) is 2. The molecule has 1 aromatic carbocycles. The van der Waals surface area contributed by atoms with Crippen molar-refractivity contribution in [2.75, 3.05) is 12.4 Å². The van der Waals surface area contributed by atoms with Crippen molar-refractivity contribution in [1.82, 2.24) is 15.1 Å². The predicted octanol–water partition coefficient (Wildman–Crippen LogP) is 2.35. The summed E-state index contributed by atoms with van der Waals surface area (Å²) in [6, 6.07) is 6.46. The van der Waals surface area contributed by atoms with Crippen LogP contribution in [0.5, 0.6) is 5.75 Å². The molecule has 2 aromatic rings. The molecule has 134 valence electrons. The molecule has 0 unspecified atom stereocenters. The Morgan fingerprint density at radius 2 is 2.00 bits per heavy atom. The van der Waals surface area contributed by atoms with E-state index >= 15 is 0 Å². The average molecular weight is 348 g/mol. The van der Waals surface area contributed by atoms with E-state index in [0.29, 0.717) is 12.2 Å². The molecule has 0 radical (unpaired) electrons. The number of halogens is 1. The zero-order valence-corrected chi connectivity index (χ0v) is 14.6. The maximum absolute atomic E-state index is 14.6. The van der Waals surface area contributed by atoms with Crippen molar-refractivity contribution < 1.29 is 18.7 Å². The highest BCUT2D eigenvalue weighted by atomic mass is 19.1. The van der Waals surface area contributed by atoms with Crippen LogP contribution in [0.25, 0.3) is 0 Å². The summed E-state index contributed by atoms with van der Waals surface area (Å²) in [5.74, 6) is -1.90. The number of hydrogen-bond acceptors (Lipinski definition) is 4. The zero-order valence-electron chi connectivity index (χ0n) is 14.6. The number of methoxy groups -OCH3 is 1. The summed E-state index contributed by atoms with van der Waals surface area (Å²) in [6.45, 7) is 3.71. The Balaban J connectivity index is 2.26. The standard InChI is InChI=1S/C17H21FN4O3/c1-5-10(2)19-17(24)14-13(18)15(22(3)21-14)20-16(23)11-8-6-7-9-12(11)25-4/h6-10H,5H2,1-4H3,(H,19,24)(H,20,23)/t10-/m1/s1. The third-order valence-corrected chi connectivity index (χ3v) is 3.78. The molecule has 25 heavy (non-hydrogen) atoms. The van der Waals surface area contributed by atoms with Gasteiger partial charge in [-0.3, -0.25) is 9.59 Å². The highest BCUT2D eigenvalue weighted by Gasteiger charge is 2.25. The number of anilines is 1. The summed E-state index contributed by atoms with van der Waals surface area (Å²) < 4.78 is 20.8. The Kier molecular flexibility index (Phi) is 5.74. The third kappa shape index (κ3) is 3.96. The lowest BCUT2D eigenvalue weighted by atomic mass is 10.2. The van der Waals surface area contributed by atoms with Crippen LogP contribution in [0.2, 0.25) is 0 Å². The lowest BCUT2D eigenvalue weighted by molar-refractivity contribution is 0.0928. The normalized spacial score (nSPS) is 11.7. The Morgan fingerprint density at radius 3 is 2.64 bits per heavy atom. The summed E-state index contributed by atoms with van der Waals surface area (Å²) in [6.07, 6.45) is 0.706. The Hall–Kier alpha value is -2.90. The molecule has 8 heteroatoms. The number of nitrogens with zero attached hydrogens (tertiary/aromatic N) is 2. The summed E-state index contributed by atoms with van der Waals surface area (Å²) >= 11 is 0. The molecule has 2 rings (SSSR count). The van der Waals surface area contributed by atoms with Gasteiger partial charge < -0.3 is 15.4 Å². The number of para-hydroxylation sites is 1. The molecule has 2 amide bonds. The van der Waals surface area contributed by atoms with Crippen LogP contribution in [0.4, 0.5) is 10.2 Å². The summed E-state index contributed by atoms with van der Waals surface area (Å²) in [7, 11) is 2.88. The number of benzene rings is 1. The van der Waals surface area contributed by atoms with Crippen molar-refractivity contribution >= 4 is 17.6 Å². The highest BCUT2D eigenvalue weighted by molar-refractivity contribution is 6.06. The number of ether oxygens (including phenoxy) is 1. The Labute approximate surface area is 145 Å². The van der Waals surface area contributed by atoms with E-state index in [9.17, 15) is 14.0 Å². The molecule has 7 nitrogen and oxygen atoms in total. The van der Waals surface area contributed by atoms with Gasteiger partial charge >= 0.3 is 0 Å². The Bertz CT molecular complexity index is 788. The van der Waals surface area contributed by atoms with Crippen LogP contribution in [-0.2, 0) is 7.05 Å². The predicted molar refractivity (Wildman–Crippen MR) is 91.3 cm³/mol. The van der Waals surface area contributed by atoms with Gasteiger partial charge in [-0.1, -0.05) is 19.1 Å². The molecule has 1 heterocycles. The van der Waals surface area contributed by atoms with Crippen LogP contribution in [-0.4, -0.2) is 34.7 Å². The Morgan fingerprint density at radius 1 is 1.32 bits per heavy atom. The van der Waals surface area contributed by atoms with Crippen molar-refractivity contribution in [2.45, 2.75) is 26.3 Å². The second kappa shape index (κ2) is 7.78. The fourth-order valence-corrected chi connectivity index (χ4v) is 2.18.